The van der Waals surface area contributed by atoms with E-state index in [0.717, 1.165) is 12.2 Å². The van der Waals surface area contributed by atoms with Crippen LogP contribution in [0.2, 0.25) is 0 Å². The molecule has 0 saturated carbocycles. The smallest absolute Gasteiger partial charge is 0.255 e. The average molecular weight is 309 g/mol. The number of carbonyl (C=O) groups is 1. The first-order chi connectivity index (χ1) is 11.2. The number of anilines is 2. The summed E-state index contributed by atoms with van der Waals surface area (Å²) in [5, 5.41) is 2.96. The second-order valence-corrected chi connectivity index (χ2v) is 6.11. The summed E-state index contributed by atoms with van der Waals surface area (Å²) in [7, 11) is 0. The molecule has 0 unspecified atom stereocenters. The lowest BCUT2D eigenvalue weighted by Gasteiger charge is -2.26. The lowest BCUT2D eigenvalue weighted by atomic mass is 10.1. The van der Waals surface area contributed by atoms with E-state index in [1.165, 1.54) is 37.9 Å². The van der Waals surface area contributed by atoms with Crippen molar-refractivity contribution in [1.82, 2.24) is 4.90 Å². The molecule has 4 nitrogen and oxygen atoms in total. The van der Waals surface area contributed by atoms with Crippen molar-refractivity contribution in [3.8, 4) is 0 Å². The number of benzene rings is 2. The first-order valence-electron chi connectivity index (χ1n) is 8.19. The number of hydrogen-bond donors (Lipinski definition) is 2. The van der Waals surface area contributed by atoms with Gasteiger partial charge in [0.15, 0.2) is 0 Å². The Morgan fingerprint density at radius 3 is 2.52 bits per heavy atom. The minimum atomic E-state index is -0.111. The van der Waals surface area contributed by atoms with Gasteiger partial charge in [-0.2, -0.15) is 0 Å². The van der Waals surface area contributed by atoms with Crippen molar-refractivity contribution in [2.75, 3.05) is 24.1 Å². The quantitative estimate of drug-likeness (QED) is 0.850. The molecule has 3 N–H and O–H groups in total. The van der Waals surface area contributed by atoms with Crippen molar-refractivity contribution >= 4 is 17.3 Å². The Hall–Kier alpha value is -2.33. The molecular weight excluding hydrogens is 286 g/mol. The van der Waals surface area contributed by atoms with Crippen LogP contribution >= 0.6 is 0 Å². The SMILES string of the molecule is Nc1ccc(C(=O)Nc2cccc(CN3CCCCC3)c2)cc1. The van der Waals surface area contributed by atoms with Crippen molar-refractivity contribution in [3.63, 3.8) is 0 Å². The van der Waals surface area contributed by atoms with E-state index >= 15 is 0 Å². The number of rotatable bonds is 4. The predicted octanol–water partition coefficient (Wildman–Crippen LogP) is 3.51. The van der Waals surface area contributed by atoms with Crippen LogP contribution in [0.5, 0.6) is 0 Å². The van der Waals surface area contributed by atoms with Gasteiger partial charge in [0, 0.05) is 23.5 Å². The van der Waals surface area contributed by atoms with E-state index in [2.05, 4.69) is 22.3 Å². The number of hydrogen-bond acceptors (Lipinski definition) is 3. The van der Waals surface area contributed by atoms with Gasteiger partial charge in [0.25, 0.3) is 5.91 Å². The number of amides is 1. The lowest BCUT2D eigenvalue weighted by molar-refractivity contribution is 0.102. The summed E-state index contributed by atoms with van der Waals surface area (Å²) in [5.74, 6) is -0.111. The molecule has 1 aliphatic rings. The van der Waals surface area contributed by atoms with E-state index in [1.807, 2.05) is 12.1 Å². The lowest BCUT2D eigenvalue weighted by Crippen LogP contribution is -2.29. The van der Waals surface area contributed by atoms with Crippen LogP contribution in [-0.4, -0.2) is 23.9 Å². The van der Waals surface area contributed by atoms with Crippen LogP contribution in [-0.2, 0) is 6.54 Å². The van der Waals surface area contributed by atoms with E-state index < -0.39 is 0 Å². The molecule has 1 heterocycles. The molecular formula is C19H23N3O. The summed E-state index contributed by atoms with van der Waals surface area (Å²) in [5.41, 5.74) is 8.99. The maximum Gasteiger partial charge on any atom is 0.255 e. The molecule has 0 radical (unpaired) electrons. The van der Waals surface area contributed by atoms with E-state index in [1.54, 1.807) is 24.3 Å². The predicted molar refractivity (Wildman–Crippen MR) is 94.4 cm³/mol. The molecule has 0 aliphatic carbocycles. The fourth-order valence-electron chi connectivity index (χ4n) is 2.96. The third kappa shape index (κ3) is 4.33. The first-order valence-corrected chi connectivity index (χ1v) is 8.19. The zero-order valence-corrected chi connectivity index (χ0v) is 13.3. The Bertz CT molecular complexity index is 661. The Morgan fingerprint density at radius 1 is 1.04 bits per heavy atom. The minimum Gasteiger partial charge on any atom is -0.399 e. The Balaban J connectivity index is 1.64. The first kappa shape index (κ1) is 15.6. The van der Waals surface area contributed by atoms with Crippen molar-refractivity contribution in [2.24, 2.45) is 0 Å². The Kier molecular flexibility index (Phi) is 4.93. The third-order valence-electron chi connectivity index (χ3n) is 4.21. The van der Waals surface area contributed by atoms with Gasteiger partial charge in [-0.3, -0.25) is 9.69 Å². The third-order valence-corrected chi connectivity index (χ3v) is 4.21. The topological polar surface area (TPSA) is 58.4 Å². The molecule has 1 aliphatic heterocycles. The van der Waals surface area contributed by atoms with Gasteiger partial charge in [0.1, 0.15) is 0 Å². The zero-order valence-electron chi connectivity index (χ0n) is 13.3. The van der Waals surface area contributed by atoms with Gasteiger partial charge in [-0.25, -0.2) is 0 Å². The summed E-state index contributed by atoms with van der Waals surface area (Å²) in [6.45, 7) is 3.29. The second-order valence-electron chi connectivity index (χ2n) is 6.11. The summed E-state index contributed by atoms with van der Waals surface area (Å²) >= 11 is 0. The van der Waals surface area contributed by atoms with Crippen molar-refractivity contribution < 1.29 is 4.79 Å². The van der Waals surface area contributed by atoms with Crippen LogP contribution in [0.4, 0.5) is 11.4 Å². The minimum absolute atomic E-state index is 0.111. The van der Waals surface area contributed by atoms with Gasteiger partial charge < -0.3 is 11.1 Å². The largest absolute Gasteiger partial charge is 0.399 e. The normalized spacial score (nSPS) is 15.3. The van der Waals surface area contributed by atoms with E-state index in [0.29, 0.717) is 11.3 Å². The molecule has 1 saturated heterocycles. The molecule has 0 aromatic heterocycles. The molecule has 4 heteroatoms. The highest BCUT2D eigenvalue weighted by atomic mass is 16.1. The summed E-state index contributed by atoms with van der Waals surface area (Å²) in [6, 6.07) is 15.1. The molecule has 1 fully saturated rings. The molecule has 1 amide bonds. The Labute approximate surface area is 137 Å². The van der Waals surface area contributed by atoms with E-state index in [9.17, 15) is 4.79 Å². The standard InChI is InChI=1S/C19H23N3O/c20-17-9-7-16(8-10-17)19(23)21-18-6-4-5-15(13-18)14-22-11-2-1-3-12-22/h4-10,13H,1-3,11-12,14,20H2,(H,21,23). The maximum absolute atomic E-state index is 12.3. The number of nitrogens with one attached hydrogen (secondary N) is 1. The monoisotopic (exact) mass is 309 g/mol. The van der Waals surface area contributed by atoms with Gasteiger partial charge in [-0.05, 0) is 67.9 Å². The number of nitrogens with two attached hydrogens (primary N) is 1. The van der Waals surface area contributed by atoms with Crippen LogP contribution in [0.25, 0.3) is 0 Å². The van der Waals surface area contributed by atoms with Gasteiger partial charge in [-0.15, -0.1) is 0 Å². The van der Waals surface area contributed by atoms with Crippen LogP contribution in [0, 0.1) is 0 Å². The number of piperidine rings is 1. The molecule has 3 rings (SSSR count). The fourth-order valence-corrected chi connectivity index (χ4v) is 2.96. The van der Waals surface area contributed by atoms with Crippen molar-refractivity contribution in [1.29, 1.82) is 0 Å². The zero-order chi connectivity index (χ0) is 16.1. The number of nitrogens with zero attached hydrogens (tertiary/aromatic N) is 1. The van der Waals surface area contributed by atoms with Crippen LogP contribution in [0.15, 0.2) is 48.5 Å². The van der Waals surface area contributed by atoms with Gasteiger partial charge in [0.05, 0.1) is 0 Å². The van der Waals surface area contributed by atoms with E-state index in [-0.39, 0.29) is 5.91 Å². The molecule has 0 spiro atoms. The van der Waals surface area contributed by atoms with Crippen LogP contribution in [0.1, 0.15) is 35.2 Å². The second kappa shape index (κ2) is 7.29. The van der Waals surface area contributed by atoms with Crippen LogP contribution in [0.3, 0.4) is 0 Å². The Morgan fingerprint density at radius 2 is 1.78 bits per heavy atom. The molecule has 0 atom stereocenters. The maximum atomic E-state index is 12.3. The molecule has 120 valence electrons. The van der Waals surface area contributed by atoms with Gasteiger partial charge >= 0.3 is 0 Å². The molecule has 2 aromatic rings. The molecule has 0 bridgehead atoms. The summed E-state index contributed by atoms with van der Waals surface area (Å²) in [6.07, 6.45) is 3.91. The van der Waals surface area contributed by atoms with E-state index in [4.69, 9.17) is 5.73 Å². The highest BCUT2D eigenvalue weighted by Crippen LogP contribution is 2.17. The number of carbonyl (C=O) groups excluding carboxylic acids is 1. The van der Waals surface area contributed by atoms with Crippen LogP contribution < -0.4 is 11.1 Å². The summed E-state index contributed by atoms with van der Waals surface area (Å²) in [4.78, 5) is 14.7. The molecule has 2 aromatic carbocycles. The highest BCUT2D eigenvalue weighted by Gasteiger charge is 2.11. The van der Waals surface area contributed by atoms with Crippen molar-refractivity contribution in [3.05, 3.63) is 59.7 Å². The average Bonchev–Trinajstić information content (AvgIpc) is 2.57. The number of likely N-dealkylation sites (tertiary alicyclic amines) is 1. The fraction of sp³-hybridized carbons (Fsp3) is 0.316. The molecule has 23 heavy (non-hydrogen) atoms. The van der Waals surface area contributed by atoms with Crippen molar-refractivity contribution in [2.45, 2.75) is 25.8 Å². The van der Waals surface area contributed by atoms with Gasteiger partial charge in [0.2, 0.25) is 0 Å². The summed E-state index contributed by atoms with van der Waals surface area (Å²) < 4.78 is 0. The highest BCUT2D eigenvalue weighted by molar-refractivity contribution is 6.04. The van der Waals surface area contributed by atoms with Gasteiger partial charge in [-0.1, -0.05) is 18.6 Å². The number of nitrogen functional groups attached to an aromatic ring is 1.